The van der Waals surface area contributed by atoms with Gasteiger partial charge in [0.05, 0.1) is 18.2 Å². The number of methoxy groups -OCH3 is 1. The Kier molecular flexibility index (Phi) is 5.75. The van der Waals surface area contributed by atoms with Crippen LogP contribution in [-0.4, -0.2) is 23.6 Å². The van der Waals surface area contributed by atoms with Crippen LogP contribution in [-0.2, 0) is 12.6 Å². The van der Waals surface area contributed by atoms with Crippen LogP contribution >= 0.6 is 0 Å². The summed E-state index contributed by atoms with van der Waals surface area (Å²) in [5.74, 6) is 1.33. The fourth-order valence-corrected chi connectivity index (χ4v) is 3.37. The van der Waals surface area contributed by atoms with Gasteiger partial charge in [0.1, 0.15) is 11.6 Å². The van der Waals surface area contributed by atoms with Gasteiger partial charge in [-0.2, -0.15) is 13.2 Å². The van der Waals surface area contributed by atoms with E-state index in [1.807, 2.05) is 36.4 Å². The zero-order valence-electron chi connectivity index (χ0n) is 16.8. The van der Waals surface area contributed by atoms with Crippen molar-refractivity contribution in [1.82, 2.24) is 9.97 Å². The number of halogens is 3. The summed E-state index contributed by atoms with van der Waals surface area (Å²) in [5, 5.41) is 4.02. The van der Waals surface area contributed by atoms with E-state index < -0.39 is 11.7 Å². The summed E-state index contributed by atoms with van der Waals surface area (Å²) in [5.41, 5.74) is 0.888. The number of para-hydroxylation sites is 1. The fraction of sp³-hybridized carbons (Fsp3) is 0.167. The maximum Gasteiger partial charge on any atom is 0.417 e. The first-order chi connectivity index (χ1) is 15.0. The number of alkyl halides is 3. The van der Waals surface area contributed by atoms with Crippen molar-refractivity contribution < 1.29 is 17.9 Å². The van der Waals surface area contributed by atoms with Gasteiger partial charge in [0.25, 0.3) is 0 Å². The van der Waals surface area contributed by atoms with E-state index in [0.29, 0.717) is 17.9 Å². The lowest BCUT2D eigenvalue weighted by Gasteiger charge is -2.14. The molecule has 0 saturated carbocycles. The minimum atomic E-state index is -4.49. The molecule has 0 spiro atoms. The molecular weight excluding hydrogens is 403 g/mol. The number of nitrogens with one attached hydrogen (secondary N) is 1. The zero-order chi connectivity index (χ0) is 21.8. The Morgan fingerprint density at radius 2 is 1.58 bits per heavy atom. The minimum absolute atomic E-state index is 0.0403. The molecule has 4 nitrogen and oxygen atoms in total. The number of benzene rings is 3. The smallest absolute Gasteiger partial charge is 0.417 e. The summed E-state index contributed by atoms with van der Waals surface area (Å²) >= 11 is 0. The number of hydrogen-bond acceptors (Lipinski definition) is 4. The molecule has 0 amide bonds. The highest BCUT2D eigenvalue weighted by molar-refractivity contribution is 5.90. The van der Waals surface area contributed by atoms with Gasteiger partial charge < -0.3 is 10.1 Å². The standard InChI is InChI=1S/C24H20F3N3O/c1-31-17-12-10-16(11-13-17)14-15-28-22-19-7-3-5-9-21(19)29-23(30-22)18-6-2-4-8-20(18)24(25,26)27/h2-13H,14-15H2,1H3,(H,28,29,30). The first kappa shape index (κ1) is 20.7. The van der Waals surface area contributed by atoms with Gasteiger partial charge in [-0.3, -0.25) is 0 Å². The average Bonchev–Trinajstić information content (AvgIpc) is 2.79. The summed E-state index contributed by atoms with van der Waals surface area (Å²) in [6.45, 7) is 0.563. The van der Waals surface area contributed by atoms with E-state index in [1.54, 1.807) is 25.3 Å². The van der Waals surface area contributed by atoms with Crippen LogP contribution in [0.4, 0.5) is 19.0 Å². The predicted molar refractivity (Wildman–Crippen MR) is 115 cm³/mol. The molecule has 158 valence electrons. The highest BCUT2D eigenvalue weighted by Crippen LogP contribution is 2.36. The van der Waals surface area contributed by atoms with Gasteiger partial charge in [-0.1, -0.05) is 42.5 Å². The topological polar surface area (TPSA) is 47.0 Å². The predicted octanol–water partition coefficient (Wildman–Crippen LogP) is 5.98. The van der Waals surface area contributed by atoms with Crippen molar-refractivity contribution in [2.24, 2.45) is 0 Å². The Labute approximate surface area is 177 Å². The molecule has 0 atom stereocenters. The van der Waals surface area contributed by atoms with Crippen LogP contribution in [0, 0.1) is 0 Å². The number of rotatable bonds is 6. The fourth-order valence-electron chi connectivity index (χ4n) is 3.37. The summed E-state index contributed by atoms with van der Waals surface area (Å²) in [4.78, 5) is 8.86. The minimum Gasteiger partial charge on any atom is -0.497 e. The molecule has 0 aliphatic heterocycles. The van der Waals surface area contributed by atoms with Crippen LogP contribution in [0.3, 0.4) is 0 Å². The normalized spacial score (nSPS) is 11.5. The van der Waals surface area contributed by atoms with Crippen LogP contribution in [0.15, 0.2) is 72.8 Å². The third-order valence-electron chi connectivity index (χ3n) is 4.94. The molecule has 3 aromatic carbocycles. The number of nitrogens with zero attached hydrogens (tertiary/aromatic N) is 2. The molecule has 31 heavy (non-hydrogen) atoms. The SMILES string of the molecule is COc1ccc(CCNc2nc(-c3ccccc3C(F)(F)F)nc3ccccc23)cc1. The van der Waals surface area contributed by atoms with Gasteiger partial charge in [0.15, 0.2) is 5.82 Å². The van der Waals surface area contributed by atoms with Crippen molar-refractivity contribution in [1.29, 1.82) is 0 Å². The Morgan fingerprint density at radius 1 is 0.871 bits per heavy atom. The van der Waals surface area contributed by atoms with Crippen LogP contribution in [0.5, 0.6) is 5.75 Å². The number of anilines is 1. The van der Waals surface area contributed by atoms with Crippen molar-refractivity contribution >= 4 is 16.7 Å². The van der Waals surface area contributed by atoms with Gasteiger partial charge in [-0.05, 0) is 42.3 Å². The Morgan fingerprint density at radius 3 is 2.32 bits per heavy atom. The van der Waals surface area contributed by atoms with Crippen molar-refractivity contribution in [3.05, 3.63) is 83.9 Å². The van der Waals surface area contributed by atoms with E-state index in [0.717, 1.165) is 29.2 Å². The molecule has 1 heterocycles. The van der Waals surface area contributed by atoms with Crippen LogP contribution in [0.1, 0.15) is 11.1 Å². The first-order valence-corrected chi connectivity index (χ1v) is 9.76. The Balaban J connectivity index is 1.66. The second-order valence-electron chi connectivity index (χ2n) is 6.98. The van der Waals surface area contributed by atoms with E-state index in [9.17, 15) is 13.2 Å². The molecule has 0 saturated heterocycles. The lowest BCUT2D eigenvalue weighted by molar-refractivity contribution is -0.137. The molecule has 0 fully saturated rings. The summed E-state index contributed by atoms with van der Waals surface area (Å²) in [6.07, 6.45) is -3.77. The van der Waals surface area contributed by atoms with E-state index in [-0.39, 0.29) is 11.4 Å². The van der Waals surface area contributed by atoms with Crippen molar-refractivity contribution in [3.63, 3.8) is 0 Å². The third kappa shape index (κ3) is 4.60. The zero-order valence-corrected chi connectivity index (χ0v) is 16.8. The molecule has 4 rings (SSSR count). The Hall–Kier alpha value is -3.61. The van der Waals surface area contributed by atoms with Crippen molar-refractivity contribution in [3.8, 4) is 17.1 Å². The second-order valence-corrected chi connectivity index (χ2v) is 6.98. The first-order valence-electron chi connectivity index (χ1n) is 9.76. The van der Waals surface area contributed by atoms with Gasteiger partial charge in [-0.15, -0.1) is 0 Å². The summed E-state index contributed by atoms with van der Waals surface area (Å²) < 4.78 is 45.7. The van der Waals surface area contributed by atoms with E-state index in [2.05, 4.69) is 15.3 Å². The molecule has 1 aromatic heterocycles. The lowest BCUT2D eigenvalue weighted by Crippen LogP contribution is -2.10. The number of fused-ring (bicyclic) bond motifs is 1. The van der Waals surface area contributed by atoms with Crippen molar-refractivity contribution in [2.45, 2.75) is 12.6 Å². The summed E-state index contributed by atoms with van der Waals surface area (Å²) in [7, 11) is 1.62. The molecule has 0 bridgehead atoms. The molecule has 0 aliphatic carbocycles. The highest BCUT2D eigenvalue weighted by Gasteiger charge is 2.34. The second kappa shape index (κ2) is 8.63. The number of hydrogen-bond donors (Lipinski definition) is 1. The molecule has 4 aromatic rings. The Bertz CT molecular complexity index is 1190. The highest BCUT2D eigenvalue weighted by atomic mass is 19.4. The van der Waals surface area contributed by atoms with Gasteiger partial charge in [0.2, 0.25) is 0 Å². The molecule has 0 unspecified atom stereocenters. The van der Waals surface area contributed by atoms with Crippen LogP contribution < -0.4 is 10.1 Å². The molecule has 1 N–H and O–H groups in total. The van der Waals surface area contributed by atoms with Crippen molar-refractivity contribution in [2.75, 3.05) is 19.0 Å². The largest absolute Gasteiger partial charge is 0.497 e. The average molecular weight is 423 g/mol. The quantitative estimate of drug-likeness (QED) is 0.415. The van der Waals surface area contributed by atoms with E-state index >= 15 is 0 Å². The van der Waals surface area contributed by atoms with Gasteiger partial charge in [0, 0.05) is 17.5 Å². The maximum absolute atomic E-state index is 13.5. The molecule has 0 radical (unpaired) electrons. The van der Waals surface area contributed by atoms with Gasteiger partial charge >= 0.3 is 6.18 Å². The van der Waals surface area contributed by atoms with Crippen LogP contribution in [0.2, 0.25) is 0 Å². The lowest BCUT2D eigenvalue weighted by atomic mass is 10.1. The van der Waals surface area contributed by atoms with E-state index in [1.165, 1.54) is 12.1 Å². The molecular formula is C24H20F3N3O. The number of ether oxygens (including phenoxy) is 1. The molecule has 7 heteroatoms. The third-order valence-corrected chi connectivity index (χ3v) is 4.94. The summed E-state index contributed by atoms with van der Waals surface area (Å²) in [6, 6.07) is 20.4. The van der Waals surface area contributed by atoms with E-state index in [4.69, 9.17) is 4.74 Å². The molecule has 0 aliphatic rings. The van der Waals surface area contributed by atoms with Crippen LogP contribution in [0.25, 0.3) is 22.3 Å². The monoisotopic (exact) mass is 423 g/mol. The maximum atomic E-state index is 13.5. The van der Waals surface area contributed by atoms with Gasteiger partial charge in [-0.25, -0.2) is 9.97 Å². The number of aromatic nitrogens is 2.